The Morgan fingerprint density at radius 2 is 1.67 bits per heavy atom. The van der Waals surface area contributed by atoms with E-state index in [0.29, 0.717) is 37.4 Å². The standard InChI is InChI=1S/C27H33N7O3S.ClH/c1-32-12-14-34(15-13-32)38(36,37)23-6-4-20(5-7-23)22-16-24(26(28)30-17-22)27(35)31-25-18-29-9-8-21(25)19-33-10-2-3-11-33;/h4-9,16-18H,2-3,10-15,19H2,1H3,(H2,28,30)(H,31,35);1H. The largest absolute Gasteiger partial charge is 0.383 e. The lowest BCUT2D eigenvalue weighted by atomic mass is 10.1. The van der Waals surface area contributed by atoms with Crippen LogP contribution < -0.4 is 11.1 Å². The third-order valence-corrected chi connectivity index (χ3v) is 9.12. The molecule has 4 heterocycles. The number of halogens is 1. The average molecular weight is 572 g/mol. The number of benzene rings is 1. The van der Waals surface area contributed by atoms with Crippen molar-refractivity contribution in [3.05, 3.63) is 66.1 Å². The number of carbonyl (C=O) groups is 1. The van der Waals surface area contributed by atoms with Crippen molar-refractivity contribution in [1.82, 2.24) is 24.1 Å². The minimum atomic E-state index is -3.56. The zero-order chi connectivity index (χ0) is 26.7. The second kappa shape index (κ2) is 12.4. The Morgan fingerprint density at radius 3 is 2.36 bits per heavy atom. The Balaban J connectivity index is 0.00000353. The van der Waals surface area contributed by atoms with Gasteiger partial charge in [-0.25, -0.2) is 13.4 Å². The third kappa shape index (κ3) is 6.56. The van der Waals surface area contributed by atoms with Gasteiger partial charge in [0.05, 0.1) is 22.3 Å². The number of likely N-dealkylation sites (N-methyl/N-ethyl adjacent to an activating group) is 1. The van der Waals surface area contributed by atoms with Crippen molar-refractivity contribution in [1.29, 1.82) is 0 Å². The fraction of sp³-hybridized carbons (Fsp3) is 0.370. The first-order valence-corrected chi connectivity index (χ1v) is 14.3. The van der Waals surface area contributed by atoms with Gasteiger partial charge < -0.3 is 16.0 Å². The van der Waals surface area contributed by atoms with Gasteiger partial charge in [-0.3, -0.25) is 14.7 Å². The van der Waals surface area contributed by atoms with E-state index in [2.05, 4.69) is 25.1 Å². The minimum Gasteiger partial charge on any atom is -0.383 e. The predicted octanol–water partition coefficient (Wildman–Crippen LogP) is 2.93. The van der Waals surface area contributed by atoms with E-state index < -0.39 is 10.0 Å². The molecular formula is C27H34ClN7O3S. The van der Waals surface area contributed by atoms with Crippen LogP contribution in [0.3, 0.4) is 0 Å². The van der Waals surface area contributed by atoms with Crippen molar-refractivity contribution >= 4 is 39.8 Å². The van der Waals surface area contributed by atoms with E-state index in [-0.39, 0.29) is 34.6 Å². The number of nitrogens with two attached hydrogens (primary N) is 1. The number of aromatic nitrogens is 2. The molecule has 0 spiro atoms. The van der Waals surface area contributed by atoms with E-state index in [9.17, 15) is 13.2 Å². The molecule has 3 aromatic rings. The highest BCUT2D eigenvalue weighted by atomic mass is 35.5. The number of amides is 1. The molecule has 2 aliphatic rings. The van der Waals surface area contributed by atoms with Crippen molar-refractivity contribution in [2.45, 2.75) is 24.3 Å². The number of nitrogen functional groups attached to an aromatic ring is 1. The number of piperazine rings is 1. The van der Waals surface area contributed by atoms with E-state index >= 15 is 0 Å². The topological polar surface area (TPSA) is 125 Å². The van der Waals surface area contributed by atoms with Crippen LogP contribution in [-0.2, 0) is 16.6 Å². The molecule has 2 aromatic heterocycles. The van der Waals surface area contributed by atoms with Crippen molar-refractivity contribution in [3.8, 4) is 11.1 Å². The molecular weight excluding hydrogens is 538 g/mol. The van der Waals surface area contributed by atoms with Gasteiger partial charge >= 0.3 is 0 Å². The molecule has 10 nitrogen and oxygen atoms in total. The molecule has 0 atom stereocenters. The lowest BCUT2D eigenvalue weighted by molar-refractivity contribution is 0.102. The molecule has 2 fully saturated rings. The molecule has 0 bridgehead atoms. The van der Waals surface area contributed by atoms with Gasteiger partial charge in [0.2, 0.25) is 10.0 Å². The first-order chi connectivity index (χ1) is 18.3. The van der Waals surface area contributed by atoms with E-state index in [4.69, 9.17) is 5.73 Å². The summed E-state index contributed by atoms with van der Waals surface area (Å²) in [5, 5.41) is 2.95. The number of anilines is 2. The van der Waals surface area contributed by atoms with Gasteiger partial charge in [-0.1, -0.05) is 12.1 Å². The summed E-state index contributed by atoms with van der Waals surface area (Å²) in [6.45, 7) is 5.19. The van der Waals surface area contributed by atoms with Crippen molar-refractivity contribution < 1.29 is 13.2 Å². The normalized spacial score (nSPS) is 17.1. The van der Waals surface area contributed by atoms with Crippen LogP contribution in [0, 0.1) is 0 Å². The number of hydrogen-bond donors (Lipinski definition) is 2. The molecule has 0 radical (unpaired) electrons. The highest BCUT2D eigenvalue weighted by Gasteiger charge is 2.27. The van der Waals surface area contributed by atoms with Crippen LogP contribution in [-0.4, -0.2) is 84.7 Å². The van der Waals surface area contributed by atoms with Crippen molar-refractivity contribution in [2.24, 2.45) is 0 Å². The highest BCUT2D eigenvalue weighted by Crippen LogP contribution is 2.26. The smallest absolute Gasteiger partial charge is 0.259 e. The number of rotatable bonds is 7. The monoisotopic (exact) mass is 571 g/mol. The molecule has 12 heteroatoms. The second-order valence-corrected chi connectivity index (χ2v) is 11.8. The molecule has 0 unspecified atom stereocenters. The molecule has 39 heavy (non-hydrogen) atoms. The number of nitrogens with zero attached hydrogens (tertiary/aromatic N) is 5. The number of likely N-dealkylation sites (tertiary alicyclic amines) is 1. The van der Waals surface area contributed by atoms with Crippen LogP contribution in [0.5, 0.6) is 0 Å². The molecule has 0 saturated carbocycles. The van der Waals surface area contributed by atoms with Crippen LogP contribution in [0.1, 0.15) is 28.8 Å². The van der Waals surface area contributed by atoms with Gasteiger partial charge in [0, 0.05) is 50.7 Å². The number of pyridine rings is 2. The van der Waals surface area contributed by atoms with Gasteiger partial charge in [0.15, 0.2) is 0 Å². The van der Waals surface area contributed by atoms with E-state index in [0.717, 1.165) is 30.8 Å². The summed E-state index contributed by atoms with van der Waals surface area (Å²) in [5.74, 6) is -0.257. The summed E-state index contributed by atoms with van der Waals surface area (Å²) < 4.78 is 27.6. The SMILES string of the molecule is CN1CCN(S(=O)(=O)c2ccc(-c3cnc(N)c(C(=O)Nc4cnccc4CN4CCCC4)c3)cc2)CC1.Cl. The summed E-state index contributed by atoms with van der Waals surface area (Å²) in [7, 11) is -1.58. The second-order valence-electron chi connectivity index (χ2n) is 9.86. The maximum absolute atomic E-state index is 13.2. The number of sulfonamides is 1. The fourth-order valence-corrected chi connectivity index (χ4v) is 6.28. The maximum atomic E-state index is 13.2. The van der Waals surface area contributed by atoms with Crippen LogP contribution in [0.2, 0.25) is 0 Å². The summed E-state index contributed by atoms with van der Waals surface area (Å²) in [6.07, 6.45) is 7.33. The summed E-state index contributed by atoms with van der Waals surface area (Å²) >= 11 is 0. The van der Waals surface area contributed by atoms with Gasteiger partial charge in [0.25, 0.3) is 5.91 Å². The molecule has 208 valence electrons. The van der Waals surface area contributed by atoms with E-state index in [1.807, 2.05) is 13.1 Å². The van der Waals surface area contributed by atoms with Crippen LogP contribution in [0.25, 0.3) is 11.1 Å². The van der Waals surface area contributed by atoms with Crippen LogP contribution >= 0.6 is 12.4 Å². The van der Waals surface area contributed by atoms with E-state index in [1.54, 1.807) is 48.9 Å². The Hall–Kier alpha value is -3.09. The average Bonchev–Trinajstić information content (AvgIpc) is 3.43. The van der Waals surface area contributed by atoms with Crippen molar-refractivity contribution in [3.63, 3.8) is 0 Å². The summed E-state index contributed by atoms with van der Waals surface area (Å²) in [6, 6.07) is 10.3. The van der Waals surface area contributed by atoms with Crippen molar-refractivity contribution in [2.75, 3.05) is 57.4 Å². The quantitative estimate of drug-likeness (QED) is 0.443. The Labute approximate surface area is 235 Å². The number of hydrogen-bond acceptors (Lipinski definition) is 8. The Bertz CT molecular complexity index is 1410. The first kappa shape index (κ1) is 28.9. The predicted molar refractivity (Wildman–Crippen MR) is 154 cm³/mol. The van der Waals surface area contributed by atoms with E-state index in [1.165, 1.54) is 17.1 Å². The van der Waals surface area contributed by atoms with Gasteiger partial charge in [0.1, 0.15) is 5.82 Å². The molecule has 5 rings (SSSR count). The fourth-order valence-electron chi connectivity index (χ4n) is 4.86. The summed E-state index contributed by atoms with van der Waals surface area (Å²) in [5.41, 5.74) is 9.37. The lowest BCUT2D eigenvalue weighted by Gasteiger charge is -2.31. The summed E-state index contributed by atoms with van der Waals surface area (Å²) in [4.78, 5) is 26.4. The van der Waals surface area contributed by atoms with Crippen LogP contribution in [0.15, 0.2) is 59.9 Å². The molecule has 2 aliphatic heterocycles. The molecule has 2 saturated heterocycles. The minimum absolute atomic E-state index is 0. The van der Waals surface area contributed by atoms with Gasteiger partial charge in [-0.2, -0.15) is 4.31 Å². The third-order valence-electron chi connectivity index (χ3n) is 7.20. The van der Waals surface area contributed by atoms with Gasteiger partial charge in [-0.15, -0.1) is 12.4 Å². The van der Waals surface area contributed by atoms with Gasteiger partial charge in [-0.05, 0) is 68.4 Å². The molecule has 0 aliphatic carbocycles. The Morgan fingerprint density at radius 1 is 0.974 bits per heavy atom. The molecule has 1 aromatic carbocycles. The zero-order valence-electron chi connectivity index (χ0n) is 21.9. The Kier molecular flexibility index (Phi) is 9.19. The number of carbonyl (C=O) groups excluding carboxylic acids is 1. The molecule has 3 N–H and O–H groups in total. The highest BCUT2D eigenvalue weighted by molar-refractivity contribution is 7.89. The lowest BCUT2D eigenvalue weighted by Crippen LogP contribution is -2.46. The first-order valence-electron chi connectivity index (χ1n) is 12.8. The zero-order valence-corrected chi connectivity index (χ0v) is 23.5. The molecule has 1 amide bonds. The van der Waals surface area contributed by atoms with Crippen LogP contribution in [0.4, 0.5) is 11.5 Å². The maximum Gasteiger partial charge on any atom is 0.259 e. The number of nitrogens with one attached hydrogen (secondary N) is 1.